The smallest absolute Gasteiger partial charge is 0.240 e. The van der Waals surface area contributed by atoms with Gasteiger partial charge in [-0.1, -0.05) is 13.3 Å². The summed E-state index contributed by atoms with van der Waals surface area (Å²) in [5.41, 5.74) is 0. The summed E-state index contributed by atoms with van der Waals surface area (Å²) in [5, 5.41) is 0. The average Bonchev–Trinajstić information content (AvgIpc) is 2.46. The van der Waals surface area contributed by atoms with Crippen LogP contribution in [-0.4, -0.2) is 72.0 Å². The Balaban J connectivity index is 1.85. The van der Waals surface area contributed by atoms with Gasteiger partial charge in [0.05, 0.1) is 6.04 Å². The van der Waals surface area contributed by atoms with Crippen molar-refractivity contribution in [3.05, 3.63) is 0 Å². The number of piperazine rings is 1. The minimum Gasteiger partial charge on any atom is -0.339 e. The SMILES string of the molecule is CCCCN1CCN([C@H]2CCCN(C(C)C)C2=O)CC1. The third-order valence-corrected chi connectivity index (χ3v) is 4.74. The van der Waals surface area contributed by atoms with Crippen LogP contribution in [0.25, 0.3) is 0 Å². The molecule has 2 aliphatic rings. The van der Waals surface area contributed by atoms with Crippen molar-refractivity contribution in [1.82, 2.24) is 14.7 Å². The van der Waals surface area contributed by atoms with Crippen molar-refractivity contribution in [2.45, 2.75) is 58.5 Å². The van der Waals surface area contributed by atoms with Gasteiger partial charge in [-0.15, -0.1) is 0 Å². The molecule has 1 atom stereocenters. The fourth-order valence-electron chi connectivity index (χ4n) is 3.41. The van der Waals surface area contributed by atoms with Gasteiger partial charge in [0.2, 0.25) is 5.91 Å². The molecule has 0 unspecified atom stereocenters. The predicted molar refractivity (Wildman–Crippen MR) is 82.8 cm³/mol. The largest absolute Gasteiger partial charge is 0.339 e. The number of carbonyl (C=O) groups is 1. The Morgan fingerprint density at radius 3 is 2.45 bits per heavy atom. The minimum absolute atomic E-state index is 0.152. The molecule has 0 aromatic heterocycles. The highest BCUT2D eigenvalue weighted by atomic mass is 16.2. The molecule has 116 valence electrons. The normalized spacial score (nSPS) is 26.5. The molecule has 4 nitrogen and oxygen atoms in total. The van der Waals surface area contributed by atoms with Crippen LogP contribution in [0.5, 0.6) is 0 Å². The molecule has 0 spiro atoms. The van der Waals surface area contributed by atoms with Crippen molar-refractivity contribution in [2.24, 2.45) is 0 Å². The topological polar surface area (TPSA) is 26.8 Å². The Morgan fingerprint density at radius 2 is 1.85 bits per heavy atom. The van der Waals surface area contributed by atoms with Crippen molar-refractivity contribution in [1.29, 1.82) is 0 Å². The second-order valence-electron chi connectivity index (χ2n) is 6.51. The van der Waals surface area contributed by atoms with Gasteiger partial charge in [-0.2, -0.15) is 0 Å². The lowest BCUT2D eigenvalue weighted by Crippen LogP contribution is -2.58. The van der Waals surface area contributed by atoms with E-state index in [1.54, 1.807) is 0 Å². The first-order valence-corrected chi connectivity index (χ1v) is 8.40. The number of unbranched alkanes of at least 4 members (excludes halogenated alkanes) is 1. The van der Waals surface area contributed by atoms with Crippen LogP contribution < -0.4 is 0 Å². The average molecular weight is 281 g/mol. The van der Waals surface area contributed by atoms with Crippen LogP contribution in [0, 0.1) is 0 Å². The van der Waals surface area contributed by atoms with E-state index >= 15 is 0 Å². The van der Waals surface area contributed by atoms with Gasteiger partial charge in [0.25, 0.3) is 0 Å². The monoisotopic (exact) mass is 281 g/mol. The Hall–Kier alpha value is -0.610. The molecular weight excluding hydrogens is 250 g/mol. The molecule has 1 amide bonds. The molecule has 0 radical (unpaired) electrons. The van der Waals surface area contributed by atoms with Crippen molar-refractivity contribution in [2.75, 3.05) is 39.3 Å². The van der Waals surface area contributed by atoms with Crippen molar-refractivity contribution in [3.8, 4) is 0 Å². The second kappa shape index (κ2) is 7.41. The molecule has 4 heteroatoms. The van der Waals surface area contributed by atoms with Gasteiger partial charge in [0.15, 0.2) is 0 Å². The maximum Gasteiger partial charge on any atom is 0.240 e. The van der Waals surface area contributed by atoms with Crippen molar-refractivity contribution >= 4 is 5.91 Å². The predicted octanol–water partition coefficient (Wildman–Crippen LogP) is 1.80. The molecule has 0 saturated carbocycles. The van der Waals surface area contributed by atoms with Crippen LogP contribution in [0.4, 0.5) is 0 Å². The quantitative estimate of drug-likeness (QED) is 0.769. The van der Waals surface area contributed by atoms with E-state index in [0.717, 1.165) is 45.6 Å². The Kier molecular flexibility index (Phi) is 5.85. The van der Waals surface area contributed by atoms with Crippen LogP contribution in [0.15, 0.2) is 0 Å². The van der Waals surface area contributed by atoms with E-state index in [-0.39, 0.29) is 6.04 Å². The zero-order valence-electron chi connectivity index (χ0n) is 13.5. The first-order valence-electron chi connectivity index (χ1n) is 8.40. The van der Waals surface area contributed by atoms with Gasteiger partial charge in [-0.25, -0.2) is 0 Å². The molecule has 0 aromatic rings. The molecule has 0 aliphatic carbocycles. The summed E-state index contributed by atoms with van der Waals surface area (Å²) in [4.78, 5) is 19.6. The lowest BCUT2D eigenvalue weighted by molar-refractivity contribution is -0.143. The summed E-state index contributed by atoms with van der Waals surface area (Å²) in [5.74, 6) is 0.369. The standard InChI is InChI=1S/C16H31N3O/c1-4-5-8-17-10-12-18(13-11-17)15-7-6-9-19(14(2)3)16(15)20/h14-15H,4-13H2,1-3H3/t15-/m0/s1. The zero-order chi connectivity index (χ0) is 14.5. The summed E-state index contributed by atoms with van der Waals surface area (Å²) >= 11 is 0. The molecule has 20 heavy (non-hydrogen) atoms. The van der Waals surface area contributed by atoms with E-state index < -0.39 is 0 Å². The molecular formula is C16H31N3O. The van der Waals surface area contributed by atoms with Crippen LogP contribution in [0.3, 0.4) is 0 Å². The summed E-state index contributed by atoms with van der Waals surface area (Å²) in [6.07, 6.45) is 4.77. The van der Waals surface area contributed by atoms with Gasteiger partial charge in [-0.3, -0.25) is 9.69 Å². The Labute approximate surface area is 124 Å². The van der Waals surface area contributed by atoms with Crippen molar-refractivity contribution in [3.63, 3.8) is 0 Å². The number of nitrogens with zero attached hydrogens (tertiary/aromatic N) is 3. The summed E-state index contributed by atoms with van der Waals surface area (Å²) in [6.45, 7) is 13.1. The highest BCUT2D eigenvalue weighted by Gasteiger charge is 2.35. The molecule has 2 heterocycles. The highest BCUT2D eigenvalue weighted by molar-refractivity contribution is 5.82. The van der Waals surface area contributed by atoms with Crippen LogP contribution >= 0.6 is 0 Å². The van der Waals surface area contributed by atoms with Crippen LogP contribution in [0.1, 0.15) is 46.5 Å². The van der Waals surface area contributed by atoms with Crippen molar-refractivity contribution < 1.29 is 4.79 Å². The third-order valence-electron chi connectivity index (χ3n) is 4.74. The molecule has 2 saturated heterocycles. The zero-order valence-corrected chi connectivity index (χ0v) is 13.5. The maximum atomic E-state index is 12.6. The molecule has 0 N–H and O–H groups in total. The third kappa shape index (κ3) is 3.73. The van der Waals surface area contributed by atoms with Crippen LogP contribution in [0.2, 0.25) is 0 Å². The number of hydrogen-bond donors (Lipinski definition) is 0. The molecule has 2 rings (SSSR count). The van der Waals surface area contributed by atoms with Crippen LogP contribution in [-0.2, 0) is 4.79 Å². The van der Waals surface area contributed by atoms with Gasteiger partial charge in [0, 0.05) is 38.8 Å². The maximum absolute atomic E-state index is 12.6. The van der Waals surface area contributed by atoms with E-state index in [4.69, 9.17) is 0 Å². The number of rotatable bonds is 5. The molecule has 0 aromatic carbocycles. The minimum atomic E-state index is 0.152. The van der Waals surface area contributed by atoms with Gasteiger partial charge < -0.3 is 9.80 Å². The summed E-state index contributed by atoms with van der Waals surface area (Å²) < 4.78 is 0. The first-order chi connectivity index (χ1) is 9.63. The highest BCUT2D eigenvalue weighted by Crippen LogP contribution is 2.20. The second-order valence-corrected chi connectivity index (χ2v) is 6.51. The van der Waals surface area contributed by atoms with E-state index in [0.29, 0.717) is 11.9 Å². The van der Waals surface area contributed by atoms with E-state index in [1.165, 1.54) is 19.4 Å². The van der Waals surface area contributed by atoms with E-state index in [2.05, 4.69) is 35.5 Å². The lowest BCUT2D eigenvalue weighted by Gasteiger charge is -2.43. The molecule has 2 aliphatic heterocycles. The molecule has 0 bridgehead atoms. The fraction of sp³-hybridized carbons (Fsp3) is 0.938. The number of hydrogen-bond acceptors (Lipinski definition) is 3. The number of amides is 1. The molecule has 2 fully saturated rings. The fourth-order valence-corrected chi connectivity index (χ4v) is 3.41. The lowest BCUT2D eigenvalue weighted by atomic mass is 10.0. The first kappa shape index (κ1) is 15.8. The summed E-state index contributed by atoms with van der Waals surface area (Å²) in [6, 6.07) is 0.496. The number of piperidine rings is 1. The summed E-state index contributed by atoms with van der Waals surface area (Å²) in [7, 11) is 0. The Bertz CT molecular complexity index is 311. The van der Waals surface area contributed by atoms with Gasteiger partial charge in [0.1, 0.15) is 0 Å². The number of likely N-dealkylation sites (tertiary alicyclic amines) is 1. The Morgan fingerprint density at radius 1 is 1.15 bits per heavy atom. The van der Waals surface area contributed by atoms with Gasteiger partial charge in [-0.05, 0) is 39.7 Å². The van der Waals surface area contributed by atoms with Gasteiger partial charge >= 0.3 is 0 Å². The number of carbonyl (C=O) groups excluding carboxylic acids is 1. The van der Waals surface area contributed by atoms with E-state index in [9.17, 15) is 4.79 Å². The van der Waals surface area contributed by atoms with E-state index in [1.807, 2.05) is 0 Å².